The fourth-order valence-corrected chi connectivity index (χ4v) is 7.50. The molecule has 2 fully saturated rings. The third kappa shape index (κ3) is 5.26. The molecule has 2 aliphatic rings. The number of fused-ring (bicyclic) bond motifs is 1. The number of hydrogen-bond acceptors (Lipinski definition) is 6. The Bertz CT molecular complexity index is 1360. The fourth-order valence-electron chi connectivity index (χ4n) is 4.92. The zero-order valence-corrected chi connectivity index (χ0v) is 21.5. The lowest BCUT2D eigenvalue weighted by atomic mass is 10.0. The van der Waals surface area contributed by atoms with Gasteiger partial charge in [-0.05, 0) is 67.5 Å². The minimum absolute atomic E-state index is 0.131. The second kappa shape index (κ2) is 10.3. The third-order valence-electron chi connectivity index (χ3n) is 6.78. The second-order valence-electron chi connectivity index (χ2n) is 9.50. The van der Waals surface area contributed by atoms with Gasteiger partial charge in [-0.25, -0.2) is 13.4 Å². The highest BCUT2D eigenvalue weighted by Crippen LogP contribution is 2.31. The van der Waals surface area contributed by atoms with Gasteiger partial charge < -0.3 is 9.30 Å². The molecule has 1 aromatic heterocycles. The zero-order valence-electron chi connectivity index (χ0n) is 19.9. The molecular weight excluding hydrogens is 480 g/mol. The smallest absolute Gasteiger partial charge is 0.243 e. The predicted molar refractivity (Wildman–Crippen MR) is 137 cm³/mol. The van der Waals surface area contributed by atoms with Crippen molar-refractivity contribution in [2.75, 3.05) is 19.7 Å². The van der Waals surface area contributed by atoms with Crippen molar-refractivity contribution in [2.45, 2.75) is 61.1 Å². The number of nitrogens with zero attached hydrogens (tertiary/aromatic N) is 4. The van der Waals surface area contributed by atoms with Crippen LogP contribution in [0.1, 0.15) is 43.7 Å². The number of rotatable bonds is 7. The average Bonchev–Trinajstić information content (AvgIpc) is 3.51. The normalized spacial score (nSPS) is 21.4. The summed E-state index contributed by atoms with van der Waals surface area (Å²) in [6.45, 7) is 4.70. The Morgan fingerprint density at radius 1 is 1.20 bits per heavy atom. The molecule has 3 aromatic rings. The van der Waals surface area contributed by atoms with Gasteiger partial charge in [-0.3, -0.25) is 0 Å². The number of imidazole rings is 1. The molecule has 0 radical (unpaired) electrons. The van der Waals surface area contributed by atoms with Gasteiger partial charge in [-0.15, -0.1) is 0 Å². The zero-order chi connectivity index (χ0) is 24.4. The Kier molecular flexibility index (Phi) is 7.17. The molecule has 35 heavy (non-hydrogen) atoms. The Labute approximate surface area is 211 Å². The van der Waals surface area contributed by atoms with Crippen LogP contribution in [0.3, 0.4) is 0 Å². The van der Waals surface area contributed by atoms with E-state index in [9.17, 15) is 13.7 Å². The number of ether oxygens (including phenoxy) is 1. The van der Waals surface area contributed by atoms with Crippen molar-refractivity contribution in [2.24, 2.45) is 5.92 Å². The molecule has 0 aliphatic carbocycles. The van der Waals surface area contributed by atoms with E-state index < -0.39 is 10.0 Å². The summed E-state index contributed by atoms with van der Waals surface area (Å²) in [6.07, 6.45) is 4.15. The van der Waals surface area contributed by atoms with E-state index in [1.165, 1.54) is 0 Å². The average molecular weight is 511 g/mol. The highest BCUT2D eigenvalue weighted by Gasteiger charge is 2.29. The summed E-state index contributed by atoms with van der Waals surface area (Å²) >= 11 is 1.60. The van der Waals surface area contributed by atoms with Crippen LogP contribution in [0.15, 0.2) is 52.5 Å². The van der Waals surface area contributed by atoms with Gasteiger partial charge in [-0.1, -0.05) is 30.8 Å². The van der Waals surface area contributed by atoms with Gasteiger partial charge in [0.15, 0.2) is 5.16 Å². The Balaban J connectivity index is 1.47. The first-order valence-electron chi connectivity index (χ1n) is 12.2. The molecular formula is C26H30N4O3S2. The molecule has 0 N–H and O–H groups in total. The first-order valence-corrected chi connectivity index (χ1v) is 14.6. The summed E-state index contributed by atoms with van der Waals surface area (Å²) < 4.78 is 36.4. The Morgan fingerprint density at radius 2 is 2.09 bits per heavy atom. The van der Waals surface area contributed by atoms with E-state index in [2.05, 4.69) is 17.6 Å². The van der Waals surface area contributed by atoms with Gasteiger partial charge in [0.05, 0.1) is 40.2 Å². The van der Waals surface area contributed by atoms with Crippen LogP contribution in [0.25, 0.3) is 11.0 Å². The van der Waals surface area contributed by atoms with E-state index >= 15 is 0 Å². The molecule has 0 bridgehead atoms. The monoisotopic (exact) mass is 510 g/mol. The molecule has 0 amide bonds. The molecule has 0 spiro atoms. The van der Waals surface area contributed by atoms with E-state index in [0.29, 0.717) is 47.3 Å². The van der Waals surface area contributed by atoms with E-state index in [1.807, 2.05) is 24.3 Å². The quantitative estimate of drug-likeness (QED) is 0.424. The largest absolute Gasteiger partial charge is 0.376 e. The van der Waals surface area contributed by atoms with Crippen LogP contribution in [0.4, 0.5) is 0 Å². The minimum atomic E-state index is -3.55. The van der Waals surface area contributed by atoms with Gasteiger partial charge >= 0.3 is 0 Å². The SMILES string of the molecule is C[C@H]1CCCN(S(=O)(=O)c2ccc3c(c2)nc(SCc2cccc(C#N)c2)n3C[C@@H]2CCCO2)C1. The molecule has 184 valence electrons. The van der Waals surface area contributed by atoms with Crippen LogP contribution < -0.4 is 0 Å². The highest BCUT2D eigenvalue weighted by atomic mass is 32.2. The Hall–Kier alpha value is -2.38. The van der Waals surface area contributed by atoms with Gasteiger partial charge in [0.25, 0.3) is 0 Å². The lowest BCUT2D eigenvalue weighted by Gasteiger charge is -2.30. The van der Waals surface area contributed by atoms with Crippen molar-refractivity contribution >= 4 is 32.8 Å². The Morgan fingerprint density at radius 3 is 2.86 bits per heavy atom. The van der Waals surface area contributed by atoms with Crippen molar-refractivity contribution in [3.63, 3.8) is 0 Å². The lowest BCUT2D eigenvalue weighted by molar-refractivity contribution is 0.0960. The summed E-state index contributed by atoms with van der Waals surface area (Å²) in [4.78, 5) is 5.17. The summed E-state index contributed by atoms with van der Waals surface area (Å²) in [7, 11) is -3.55. The van der Waals surface area contributed by atoms with E-state index in [1.54, 1.807) is 34.3 Å². The fraction of sp³-hybridized carbons (Fsp3) is 0.462. The van der Waals surface area contributed by atoms with Crippen LogP contribution in [0, 0.1) is 17.2 Å². The highest BCUT2D eigenvalue weighted by molar-refractivity contribution is 7.98. The predicted octanol–water partition coefficient (Wildman–Crippen LogP) is 4.80. The van der Waals surface area contributed by atoms with Crippen molar-refractivity contribution in [1.29, 1.82) is 5.26 Å². The summed E-state index contributed by atoms with van der Waals surface area (Å²) in [5.74, 6) is 1.04. The first kappa shape index (κ1) is 24.3. The molecule has 0 unspecified atom stereocenters. The standard InChI is InChI=1S/C26H30N4O3S2/c1-19-5-3-11-29(16-19)35(31,32)23-9-10-25-24(14-23)28-26(30(25)17-22-8-4-12-33-22)34-18-21-7-2-6-20(13-21)15-27/h2,6-7,9-10,13-14,19,22H,3-5,8,11-12,16-18H2,1H3/t19-,22-/m0/s1. The van der Waals surface area contributed by atoms with Crippen molar-refractivity contribution in [3.8, 4) is 6.07 Å². The first-order chi connectivity index (χ1) is 16.9. The van der Waals surface area contributed by atoms with E-state index in [4.69, 9.17) is 9.72 Å². The molecule has 2 aromatic carbocycles. The molecule has 3 heterocycles. The van der Waals surface area contributed by atoms with Crippen molar-refractivity contribution in [3.05, 3.63) is 53.6 Å². The number of sulfonamides is 1. The van der Waals surface area contributed by atoms with Crippen LogP contribution >= 0.6 is 11.8 Å². The lowest BCUT2D eigenvalue weighted by Crippen LogP contribution is -2.39. The van der Waals surface area contributed by atoms with Crippen LogP contribution in [-0.2, 0) is 27.1 Å². The van der Waals surface area contributed by atoms with Crippen LogP contribution in [-0.4, -0.2) is 48.1 Å². The van der Waals surface area contributed by atoms with Crippen molar-refractivity contribution in [1.82, 2.24) is 13.9 Å². The third-order valence-corrected chi connectivity index (χ3v) is 9.69. The maximum atomic E-state index is 13.4. The van der Waals surface area contributed by atoms with E-state index in [-0.39, 0.29) is 6.10 Å². The molecule has 2 saturated heterocycles. The second-order valence-corrected chi connectivity index (χ2v) is 12.4. The summed E-state index contributed by atoms with van der Waals surface area (Å²) in [6, 6.07) is 15.1. The number of aromatic nitrogens is 2. The minimum Gasteiger partial charge on any atom is -0.376 e. The topological polar surface area (TPSA) is 88.2 Å². The molecule has 7 nitrogen and oxygen atoms in total. The summed E-state index contributed by atoms with van der Waals surface area (Å²) in [5, 5.41) is 10.0. The van der Waals surface area contributed by atoms with Crippen molar-refractivity contribution < 1.29 is 13.2 Å². The maximum absolute atomic E-state index is 13.4. The van der Waals surface area contributed by atoms with Crippen LogP contribution in [0.2, 0.25) is 0 Å². The molecule has 0 saturated carbocycles. The maximum Gasteiger partial charge on any atom is 0.243 e. The van der Waals surface area contributed by atoms with Gasteiger partial charge in [-0.2, -0.15) is 9.57 Å². The summed E-state index contributed by atoms with van der Waals surface area (Å²) in [5.41, 5.74) is 3.28. The number of piperidine rings is 1. The molecule has 2 atom stereocenters. The number of benzene rings is 2. The molecule has 9 heteroatoms. The molecule has 5 rings (SSSR count). The number of nitriles is 1. The van der Waals surface area contributed by atoms with Gasteiger partial charge in [0.1, 0.15) is 0 Å². The number of hydrogen-bond donors (Lipinski definition) is 0. The van der Waals surface area contributed by atoms with Crippen LogP contribution in [0.5, 0.6) is 0 Å². The van der Waals surface area contributed by atoms with E-state index in [0.717, 1.165) is 48.5 Å². The van der Waals surface area contributed by atoms with Gasteiger partial charge in [0.2, 0.25) is 10.0 Å². The number of thioether (sulfide) groups is 1. The molecule has 2 aliphatic heterocycles. The van der Waals surface area contributed by atoms with Gasteiger partial charge in [0, 0.05) is 25.4 Å².